The number of carbonyl (C=O) groups excluding carboxylic acids is 5. The van der Waals surface area contributed by atoms with Crippen LogP contribution in [-0.2, 0) is 28.5 Å². The van der Waals surface area contributed by atoms with Crippen LogP contribution in [0.15, 0.2) is 151 Å². The Morgan fingerprint density at radius 1 is 0.526 bits per heavy atom. The Kier molecular flexibility index (Phi) is 13.0. The predicted octanol–water partition coefficient (Wildman–Crippen LogP) is 5.43. The summed E-state index contributed by atoms with van der Waals surface area (Å²) >= 11 is 0. The van der Waals surface area contributed by atoms with E-state index in [1.807, 2.05) is 0 Å². The topological polar surface area (TPSA) is 188 Å². The van der Waals surface area contributed by atoms with Crippen LogP contribution in [0.2, 0.25) is 0 Å². The van der Waals surface area contributed by atoms with E-state index in [9.17, 15) is 24.0 Å². The van der Waals surface area contributed by atoms with E-state index in [4.69, 9.17) is 39.0 Å². The van der Waals surface area contributed by atoms with Crippen LogP contribution in [-0.4, -0.2) is 79.9 Å². The Morgan fingerprint density at radius 3 is 1.39 bits per heavy atom. The van der Waals surface area contributed by atoms with Gasteiger partial charge in [0.2, 0.25) is 0 Å². The second-order valence-electron chi connectivity index (χ2n) is 12.4. The zero-order valence-corrected chi connectivity index (χ0v) is 30.4. The van der Waals surface area contributed by atoms with Crippen molar-refractivity contribution in [3.05, 3.63) is 173 Å². The molecule has 6 rings (SSSR count). The minimum absolute atomic E-state index is 0.0947. The van der Waals surface area contributed by atoms with Crippen LogP contribution < -0.4 is 10.5 Å². The fraction of sp³-hybridized carbons (Fsp3) is 0.163. The van der Waals surface area contributed by atoms with E-state index in [-0.39, 0.29) is 27.8 Å². The van der Waals surface area contributed by atoms with Crippen LogP contribution in [0.1, 0.15) is 51.8 Å². The molecule has 0 aromatic heterocycles. The van der Waals surface area contributed by atoms with Crippen molar-refractivity contribution < 1.29 is 57.2 Å². The molecule has 0 aliphatic carbocycles. The number of rotatable bonds is 13. The molecule has 5 aromatic carbocycles. The van der Waals surface area contributed by atoms with Gasteiger partial charge >= 0.3 is 29.8 Å². The number of amidine groups is 1. The number of benzene rings is 5. The molecule has 14 nitrogen and oxygen atoms in total. The molecule has 0 bridgehead atoms. The maximum atomic E-state index is 13.8. The molecule has 0 saturated carbocycles. The van der Waals surface area contributed by atoms with Gasteiger partial charge in [-0.2, -0.15) is 0 Å². The van der Waals surface area contributed by atoms with Gasteiger partial charge < -0.3 is 39.0 Å². The average molecular weight is 773 g/mol. The Bertz CT molecular complexity index is 2180. The molecular weight excluding hydrogens is 736 g/mol. The quantitative estimate of drug-likeness (QED) is 0.0399. The summed E-state index contributed by atoms with van der Waals surface area (Å²) in [6.07, 6.45) is -8.09. The smallest absolute Gasteiger partial charge is 0.365 e. The van der Waals surface area contributed by atoms with E-state index in [0.29, 0.717) is 5.75 Å². The summed E-state index contributed by atoms with van der Waals surface area (Å²) in [5, 5.41) is 3.82. The summed E-state index contributed by atoms with van der Waals surface area (Å²) in [6, 6.07) is 37.7. The fourth-order valence-corrected chi connectivity index (χ4v) is 5.73. The van der Waals surface area contributed by atoms with Gasteiger partial charge in [0.1, 0.15) is 18.5 Å². The molecule has 1 fully saturated rings. The third kappa shape index (κ3) is 10.1. The van der Waals surface area contributed by atoms with Crippen LogP contribution in [0.3, 0.4) is 0 Å². The van der Waals surface area contributed by atoms with Crippen molar-refractivity contribution in [3.63, 3.8) is 0 Å². The number of carbonyl (C=O) groups is 5. The molecule has 1 saturated heterocycles. The number of esters is 4. The maximum absolute atomic E-state index is 13.8. The van der Waals surface area contributed by atoms with Gasteiger partial charge in [0.05, 0.1) is 34.9 Å². The summed E-state index contributed by atoms with van der Waals surface area (Å²) in [6.45, 7) is -0.589. The molecule has 1 aliphatic rings. The highest BCUT2D eigenvalue weighted by atomic mass is 16.7. The van der Waals surface area contributed by atoms with E-state index >= 15 is 0 Å². The molecular formula is C43H36N2O12. The van der Waals surface area contributed by atoms with Crippen molar-refractivity contribution in [3.8, 4) is 5.75 Å². The minimum atomic E-state index is -1.71. The van der Waals surface area contributed by atoms with Gasteiger partial charge in [-0.3, -0.25) is 0 Å². The van der Waals surface area contributed by atoms with Crippen molar-refractivity contribution in [2.75, 3.05) is 13.7 Å². The summed E-state index contributed by atoms with van der Waals surface area (Å²) in [5.74, 6) is -4.39. The van der Waals surface area contributed by atoms with Crippen molar-refractivity contribution in [1.82, 2.24) is 0 Å². The van der Waals surface area contributed by atoms with Crippen molar-refractivity contribution in [2.45, 2.75) is 30.5 Å². The molecule has 0 spiro atoms. The first-order valence-corrected chi connectivity index (χ1v) is 17.6. The third-order valence-corrected chi connectivity index (χ3v) is 8.63. The highest BCUT2D eigenvalue weighted by Gasteiger charge is 2.54. The first kappa shape index (κ1) is 39.4. The molecule has 5 aromatic rings. The Hall–Kier alpha value is -7.32. The average Bonchev–Trinajstić information content (AvgIpc) is 3.27. The molecule has 1 aliphatic heterocycles. The van der Waals surface area contributed by atoms with Crippen molar-refractivity contribution in [2.24, 2.45) is 10.9 Å². The second kappa shape index (κ2) is 18.8. The van der Waals surface area contributed by atoms with Gasteiger partial charge in [-0.25, -0.2) is 24.0 Å². The number of oxime groups is 1. The van der Waals surface area contributed by atoms with Crippen LogP contribution in [0.4, 0.5) is 0 Å². The molecule has 0 radical (unpaired) electrons. The van der Waals surface area contributed by atoms with Gasteiger partial charge in [-0.1, -0.05) is 78.0 Å². The molecule has 290 valence electrons. The van der Waals surface area contributed by atoms with Crippen molar-refractivity contribution in [1.29, 1.82) is 0 Å². The van der Waals surface area contributed by atoms with Gasteiger partial charge in [-0.05, 0) is 72.8 Å². The molecule has 1 heterocycles. The number of methoxy groups -OCH3 is 1. The molecule has 0 unspecified atom stereocenters. The first-order chi connectivity index (χ1) is 27.7. The van der Waals surface area contributed by atoms with E-state index in [1.165, 1.54) is 79.9 Å². The molecule has 57 heavy (non-hydrogen) atoms. The van der Waals surface area contributed by atoms with Crippen LogP contribution in [0.5, 0.6) is 5.75 Å². The largest absolute Gasteiger partial charge is 0.497 e. The van der Waals surface area contributed by atoms with E-state index < -0.39 is 72.8 Å². The monoisotopic (exact) mass is 772 g/mol. The zero-order valence-electron chi connectivity index (χ0n) is 30.4. The number of nitrogens with two attached hydrogens (primary N) is 1. The lowest BCUT2D eigenvalue weighted by Gasteiger charge is -2.44. The maximum Gasteiger partial charge on any atom is 0.365 e. The Labute approximate surface area is 326 Å². The highest BCUT2D eigenvalue weighted by Crippen LogP contribution is 2.31. The highest BCUT2D eigenvalue weighted by molar-refractivity contribution is 5.94. The van der Waals surface area contributed by atoms with Gasteiger partial charge in [0, 0.05) is 0 Å². The van der Waals surface area contributed by atoms with E-state index in [2.05, 4.69) is 5.16 Å². The molecule has 2 N–H and O–H groups in total. The third-order valence-electron chi connectivity index (χ3n) is 8.63. The van der Waals surface area contributed by atoms with Gasteiger partial charge in [0.25, 0.3) is 0 Å². The molecule has 14 heteroatoms. The summed E-state index contributed by atoms with van der Waals surface area (Å²) < 4.78 is 35.1. The number of nitrogens with zero attached hydrogens (tertiary/aromatic N) is 1. The normalized spacial score (nSPS) is 19.0. The summed E-state index contributed by atoms with van der Waals surface area (Å²) in [4.78, 5) is 72.5. The Morgan fingerprint density at radius 2 is 0.930 bits per heavy atom. The van der Waals surface area contributed by atoms with Crippen molar-refractivity contribution >= 4 is 35.7 Å². The number of ether oxygens (including phenoxy) is 6. The predicted molar refractivity (Wildman–Crippen MR) is 202 cm³/mol. The van der Waals surface area contributed by atoms with Gasteiger partial charge in [0.15, 0.2) is 30.3 Å². The minimum Gasteiger partial charge on any atom is -0.497 e. The zero-order chi connectivity index (χ0) is 40.1. The van der Waals surface area contributed by atoms with Gasteiger partial charge in [-0.15, -0.1) is 0 Å². The summed E-state index contributed by atoms with van der Waals surface area (Å²) in [5.41, 5.74) is 7.08. The van der Waals surface area contributed by atoms with E-state index in [1.54, 1.807) is 72.8 Å². The Balaban J connectivity index is 1.41. The summed E-state index contributed by atoms with van der Waals surface area (Å²) in [7, 11) is 1.47. The lowest BCUT2D eigenvalue weighted by molar-refractivity contribution is -0.213. The van der Waals surface area contributed by atoms with Crippen LogP contribution in [0.25, 0.3) is 0 Å². The van der Waals surface area contributed by atoms with Crippen LogP contribution >= 0.6 is 0 Å². The number of hydrogen-bond donors (Lipinski definition) is 1. The fourth-order valence-electron chi connectivity index (χ4n) is 5.73. The lowest BCUT2D eigenvalue weighted by Crippen LogP contribution is -2.65. The first-order valence-electron chi connectivity index (χ1n) is 17.6. The SMILES string of the molecule is COc1ccc(C(=O)O/N=C(\N)[C@@H]2O[C@H](COC(=O)c3ccccc3)[C@@H](OC(=O)c3ccccc3)[C@H](OC(=O)c3ccccc3)[C@H]2OC(=O)c2ccccc2)cc1. The van der Waals surface area contributed by atoms with E-state index in [0.717, 1.165) is 0 Å². The van der Waals surface area contributed by atoms with Crippen LogP contribution in [0, 0.1) is 0 Å². The second-order valence-corrected chi connectivity index (χ2v) is 12.4. The standard InChI is InChI=1S/C43H36N2O12/c1-51-32-24-22-31(23-25-32)43(50)57-45-38(44)37-36(56-42(49)30-20-12-5-13-21-30)35(55-41(48)29-18-10-4-11-19-29)34(54-40(47)28-16-8-3-9-17-28)33(53-37)26-52-39(46)27-14-6-2-7-15-27/h2-25,33-37H,26H2,1H3,(H2,44,45)/t33-,34-,35+,36-,37-/m1/s1. The molecule has 5 atom stereocenters. The molecule has 0 amide bonds. The lowest BCUT2D eigenvalue weighted by atomic mass is 9.93. The number of hydrogen-bond acceptors (Lipinski definition) is 13.